The third-order valence-electron chi connectivity index (χ3n) is 3.68. The van der Waals surface area contributed by atoms with E-state index in [0.29, 0.717) is 11.1 Å². The number of benzene rings is 1. The molecule has 18 heavy (non-hydrogen) atoms. The van der Waals surface area contributed by atoms with E-state index in [1.54, 1.807) is 24.3 Å². The van der Waals surface area contributed by atoms with E-state index in [2.05, 4.69) is 0 Å². The van der Waals surface area contributed by atoms with Crippen molar-refractivity contribution in [2.24, 2.45) is 0 Å². The second-order valence-electron chi connectivity index (χ2n) is 4.79. The average molecular weight is 245 g/mol. The lowest BCUT2D eigenvalue weighted by Crippen LogP contribution is -2.31. The van der Waals surface area contributed by atoms with Gasteiger partial charge in [0.25, 0.3) is 5.69 Å². The zero-order valence-electron chi connectivity index (χ0n) is 9.97. The molecule has 0 aromatic heterocycles. The molecule has 0 radical (unpaired) electrons. The summed E-state index contributed by atoms with van der Waals surface area (Å²) in [5.41, 5.74) is -1.00. The second-order valence-corrected chi connectivity index (χ2v) is 4.79. The van der Waals surface area contributed by atoms with Gasteiger partial charge < -0.3 is 4.74 Å². The Bertz CT molecular complexity index is 621. The Labute approximate surface area is 103 Å². The minimum Gasteiger partial charge on any atom is -0.343 e. The Balaban J connectivity index is 2.38. The molecule has 0 aliphatic carbocycles. The van der Waals surface area contributed by atoms with Gasteiger partial charge in [0.05, 0.1) is 10.5 Å². The molecule has 1 aromatic rings. The van der Waals surface area contributed by atoms with Crippen LogP contribution in [-0.2, 0) is 20.7 Å². The van der Waals surface area contributed by atoms with Crippen molar-refractivity contribution in [3.8, 4) is 0 Å². The molecule has 0 spiro atoms. The largest absolute Gasteiger partial charge is 0.343 e. The summed E-state index contributed by atoms with van der Waals surface area (Å²) in [4.78, 5) is 22.6. The summed E-state index contributed by atoms with van der Waals surface area (Å²) >= 11 is 0. The van der Waals surface area contributed by atoms with Crippen molar-refractivity contribution < 1.29 is 14.5 Å². The average Bonchev–Trinajstić information content (AvgIpc) is 2.80. The van der Waals surface area contributed by atoms with Crippen LogP contribution in [0.1, 0.15) is 25.0 Å². The van der Waals surface area contributed by atoms with E-state index >= 15 is 0 Å². The van der Waals surface area contributed by atoms with Crippen molar-refractivity contribution in [2.45, 2.75) is 25.0 Å². The fourth-order valence-electron chi connectivity index (χ4n) is 2.82. The molecule has 2 unspecified atom stereocenters. The Morgan fingerprint density at radius 3 is 2.72 bits per heavy atom. The minimum atomic E-state index is -1.28. The number of carbonyl (C=O) groups excluding carboxylic acids is 1. The van der Waals surface area contributed by atoms with Crippen LogP contribution in [0.2, 0.25) is 0 Å². The third-order valence-corrected chi connectivity index (χ3v) is 3.68. The van der Waals surface area contributed by atoms with E-state index < -0.39 is 16.1 Å². The number of ether oxygens (including phenoxy) is 1. The quantitative estimate of drug-likeness (QED) is 0.455. The molecule has 2 heterocycles. The minimum absolute atomic E-state index is 0.0595. The molecular formula is C13H11NO4. The monoisotopic (exact) mass is 245 g/mol. The summed E-state index contributed by atoms with van der Waals surface area (Å²) in [5, 5.41) is 11.1. The van der Waals surface area contributed by atoms with Crippen LogP contribution in [-0.4, -0.2) is 10.7 Å². The van der Waals surface area contributed by atoms with E-state index in [0.717, 1.165) is 0 Å². The number of nitrogens with zero attached hydrogens (tertiary/aromatic N) is 1. The zero-order valence-corrected chi connectivity index (χ0v) is 9.97. The predicted molar refractivity (Wildman–Crippen MR) is 63.0 cm³/mol. The number of Topliss-reactive ketones (excluding diaryl/α,β-unsaturated/α-hetero) is 1. The first-order chi connectivity index (χ1) is 8.41. The highest BCUT2D eigenvalue weighted by Gasteiger charge is 2.59. The van der Waals surface area contributed by atoms with Crippen molar-refractivity contribution in [1.29, 1.82) is 0 Å². The lowest BCUT2D eigenvalue weighted by Gasteiger charge is -2.20. The van der Waals surface area contributed by atoms with Crippen LogP contribution < -0.4 is 0 Å². The van der Waals surface area contributed by atoms with Gasteiger partial charge in [0.1, 0.15) is 5.60 Å². The summed E-state index contributed by atoms with van der Waals surface area (Å²) in [7, 11) is 0. The molecule has 3 rings (SSSR count). The fourth-order valence-corrected chi connectivity index (χ4v) is 2.82. The van der Waals surface area contributed by atoms with Crippen LogP contribution in [0.25, 0.3) is 0 Å². The van der Waals surface area contributed by atoms with Crippen molar-refractivity contribution in [1.82, 2.24) is 0 Å². The van der Waals surface area contributed by atoms with Crippen LogP contribution in [0.3, 0.4) is 0 Å². The van der Waals surface area contributed by atoms with Crippen molar-refractivity contribution in [3.05, 3.63) is 51.6 Å². The molecule has 2 aliphatic heterocycles. The van der Waals surface area contributed by atoms with E-state index in [1.807, 2.05) is 6.92 Å². The molecule has 0 fully saturated rings. The van der Waals surface area contributed by atoms with Crippen LogP contribution in [0.15, 0.2) is 30.4 Å². The van der Waals surface area contributed by atoms with E-state index in [9.17, 15) is 14.9 Å². The van der Waals surface area contributed by atoms with E-state index in [-0.39, 0.29) is 11.5 Å². The normalized spacial score (nSPS) is 31.4. The molecule has 1 aromatic carbocycles. The summed E-state index contributed by atoms with van der Waals surface area (Å²) in [6.07, 6.45) is 3.42. The number of carbonyl (C=O) groups is 1. The number of nitro groups is 1. The molecule has 0 saturated carbocycles. The van der Waals surface area contributed by atoms with Gasteiger partial charge >= 0.3 is 0 Å². The highest BCUT2D eigenvalue weighted by molar-refractivity contribution is 5.93. The molecule has 92 valence electrons. The predicted octanol–water partition coefficient (Wildman–Crippen LogP) is 2.19. The summed E-state index contributed by atoms with van der Waals surface area (Å²) in [6.45, 7) is 3.20. The van der Waals surface area contributed by atoms with Gasteiger partial charge in [-0.2, -0.15) is 0 Å². The highest BCUT2D eigenvalue weighted by atomic mass is 16.6. The maximum Gasteiger partial charge on any atom is 0.276 e. The zero-order chi connectivity index (χ0) is 13.1. The van der Waals surface area contributed by atoms with Gasteiger partial charge in [-0.05, 0) is 26.0 Å². The lowest BCUT2D eigenvalue weighted by molar-refractivity contribution is -0.386. The van der Waals surface area contributed by atoms with Gasteiger partial charge in [-0.25, -0.2) is 0 Å². The Hall–Kier alpha value is -2.01. The highest BCUT2D eigenvalue weighted by Crippen LogP contribution is 2.56. The van der Waals surface area contributed by atoms with E-state index in [4.69, 9.17) is 4.74 Å². The second kappa shape index (κ2) is 3.05. The van der Waals surface area contributed by atoms with Gasteiger partial charge in [-0.1, -0.05) is 12.1 Å². The SMILES string of the molecule is CC(=O)C12C=CC(C)(O1)c1cccc([N+](=O)[O-])c12. The molecular weight excluding hydrogens is 234 g/mol. The lowest BCUT2D eigenvalue weighted by atomic mass is 9.80. The number of hydrogen-bond donors (Lipinski definition) is 0. The molecule has 2 bridgehead atoms. The smallest absolute Gasteiger partial charge is 0.276 e. The van der Waals surface area contributed by atoms with Crippen molar-refractivity contribution in [3.63, 3.8) is 0 Å². The van der Waals surface area contributed by atoms with Gasteiger partial charge in [0.2, 0.25) is 0 Å². The van der Waals surface area contributed by atoms with Crippen molar-refractivity contribution in [2.75, 3.05) is 0 Å². The molecule has 5 nitrogen and oxygen atoms in total. The van der Waals surface area contributed by atoms with Crippen LogP contribution in [0.5, 0.6) is 0 Å². The fraction of sp³-hybridized carbons (Fsp3) is 0.308. The molecule has 0 N–H and O–H groups in total. The first-order valence-electron chi connectivity index (χ1n) is 5.61. The standard InChI is InChI=1S/C13H11NO4/c1-8(15)13-7-6-12(2,18-13)9-4-3-5-10(11(9)13)14(16)17/h3-7H,1-2H3. The molecule has 0 amide bonds. The Morgan fingerprint density at radius 2 is 2.11 bits per heavy atom. The molecule has 2 atom stereocenters. The van der Waals surface area contributed by atoms with Crippen molar-refractivity contribution >= 4 is 11.5 Å². The summed E-state index contributed by atoms with van der Waals surface area (Å²) in [5.74, 6) is -0.240. The van der Waals surface area contributed by atoms with Crippen LogP contribution in [0.4, 0.5) is 5.69 Å². The maximum atomic E-state index is 11.9. The van der Waals surface area contributed by atoms with Gasteiger partial charge in [0, 0.05) is 11.6 Å². The van der Waals surface area contributed by atoms with E-state index in [1.165, 1.54) is 13.0 Å². The molecule has 0 saturated heterocycles. The first kappa shape index (κ1) is 11.1. The van der Waals surface area contributed by atoms with Gasteiger partial charge in [-0.15, -0.1) is 0 Å². The maximum absolute atomic E-state index is 11.9. The van der Waals surface area contributed by atoms with Crippen LogP contribution >= 0.6 is 0 Å². The Morgan fingerprint density at radius 1 is 1.39 bits per heavy atom. The number of rotatable bonds is 2. The number of fused-ring (bicyclic) bond motifs is 5. The Kier molecular flexibility index (Phi) is 1.88. The third kappa shape index (κ3) is 1.07. The topological polar surface area (TPSA) is 69.4 Å². The summed E-state index contributed by atoms with van der Waals surface area (Å²) < 4.78 is 5.80. The molecule has 5 heteroatoms. The van der Waals surface area contributed by atoms with Crippen LogP contribution in [0, 0.1) is 10.1 Å². The molecule has 2 aliphatic rings. The number of nitro benzene ring substituents is 1. The number of hydrogen-bond acceptors (Lipinski definition) is 4. The number of ketones is 1. The first-order valence-corrected chi connectivity index (χ1v) is 5.61. The van der Waals surface area contributed by atoms with Gasteiger partial charge in [-0.3, -0.25) is 14.9 Å². The van der Waals surface area contributed by atoms with Gasteiger partial charge in [0.15, 0.2) is 11.4 Å². The summed E-state index contributed by atoms with van der Waals surface area (Å²) in [6, 6.07) is 4.80.